The molecule has 2 saturated heterocycles. The van der Waals surface area contributed by atoms with E-state index < -0.39 is 34.5 Å². The first kappa shape index (κ1) is 22.5. The van der Waals surface area contributed by atoms with E-state index in [0.717, 1.165) is 6.07 Å². The summed E-state index contributed by atoms with van der Waals surface area (Å²) in [5, 5.41) is 9.01. The van der Waals surface area contributed by atoms with E-state index in [9.17, 15) is 22.8 Å². The molecule has 2 aliphatic rings. The normalized spacial score (nSPS) is 20.0. The third-order valence-corrected chi connectivity index (χ3v) is 6.61. The molecule has 11 heteroatoms. The third kappa shape index (κ3) is 4.20. The van der Waals surface area contributed by atoms with Crippen molar-refractivity contribution in [3.8, 4) is 6.07 Å². The van der Waals surface area contributed by atoms with E-state index in [1.54, 1.807) is 15.9 Å². The molecular weight excluding hydrogens is 437 g/mol. The molecule has 2 fully saturated rings. The summed E-state index contributed by atoms with van der Waals surface area (Å²) in [5.74, 6) is -1.40. The molecule has 1 aromatic heterocycles. The first-order valence-electron chi connectivity index (χ1n) is 10.4. The highest BCUT2D eigenvalue weighted by atomic mass is 19.4. The van der Waals surface area contributed by atoms with E-state index in [1.807, 2.05) is 0 Å². The lowest BCUT2D eigenvalue weighted by molar-refractivity contribution is -0.137. The quantitative estimate of drug-likeness (QED) is 0.754. The second-order valence-electron chi connectivity index (χ2n) is 8.42. The summed E-state index contributed by atoms with van der Waals surface area (Å²) in [6.45, 7) is 1.26. The van der Waals surface area contributed by atoms with Crippen LogP contribution in [-0.4, -0.2) is 52.9 Å². The molecule has 33 heavy (non-hydrogen) atoms. The van der Waals surface area contributed by atoms with Gasteiger partial charge in [0, 0.05) is 49.7 Å². The van der Waals surface area contributed by atoms with E-state index in [1.165, 1.54) is 30.7 Å². The molecule has 2 amide bonds. The molecule has 1 atom stereocenters. The number of alkyl halides is 3. The molecule has 1 unspecified atom stereocenters. The van der Waals surface area contributed by atoms with Gasteiger partial charge in [-0.25, -0.2) is 4.98 Å². The number of amides is 2. The van der Waals surface area contributed by atoms with Crippen LogP contribution in [0.5, 0.6) is 0 Å². The summed E-state index contributed by atoms with van der Waals surface area (Å²) in [6, 6.07) is 5.24. The fourth-order valence-corrected chi connectivity index (χ4v) is 4.86. The van der Waals surface area contributed by atoms with Gasteiger partial charge in [0.15, 0.2) is 0 Å². The zero-order valence-electron chi connectivity index (χ0n) is 17.5. The molecule has 172 valence electrons. The zero-order chi connectivity index (χ0) is 23.8. The van der Waals surface area contributed by atoms with E-state index in [0.29, 0.717) is 38.2 Å². The Hall–Kier alpha value is -3.68. The molecular formula is C22H21F3N6O2. The minimum atomic E-state index is -4.64. The van der Waals surface area contributed by atoms with Gasteiger partial charge in [-0.15, -0.1) is 0 Å². The van der Waals surface area contributed by atoms with Gasteiger partial charge in [-0.3, -0.25) is 14.6 Å². The number of carbonyl (C=O) groups is 2. The van der Waals surface area contributed by atoms with Crippen LogP contribution in [0.1, 0.15) is 34.5 Å². The van der Waals surface area contributed by atoms with Crippen LogP contribution in [0.2, 0.25) is 0 Å². The Morgan fingerprint density at radius 1 is 1.21 bits per heavy atom. The number of nitriles is 1. The Morgan fingerprint density at radius 3 is 2.52 bits per heavy atom. The van der Waals surface area contributed by atoms with Crippen molar-refractivity contribution < 1.29 is 22.8 Å². The SMILES string of the molecule is N#Cc1ccc(N2CCC3(CC2)CN(C(=O)c2cnccn2)CC3C(N)=O)cc1C(F)(F)F. The van der Waals surface area contributed by atoms with E-state index in [-0.39, 0.29) is 18.1 Å². The molecule has 0 bridgehead atoms. The van der Waals surface area contributed by atoms with Crippen LogP contribution in [-0.2, 0) is 11.0 Å². The predicted molar refractivity (Wildman–Crippen MR) is 111 cm³/mol. The van der Waals surface area contributed by atoms with Crippen molar-refractivity contribution in [2.24, 2.45) is 17.1 Å². The first-order valence-corrected chi connectivity index (χ1v) is 10.4. The lowest BCUT2D eigenvalue weighted by Gasteiger charge is -2.42. The number of hydrogen-bond acceptors (Lipinski definition) is 6. The monoisotopic (exact) mass is 458 g/mol. The average Bonchev–Trinajstić information content (AvgIpc) is 3.18. The van der Waals surface area contributed by atoms with Crippen molar-refractivity contribution >= 4 is 17.5 Å². The highest BCUT2D eigenvalue weighted by molar-refractivity contribution is 5.93. The summed E-state index contributed by atoms with van der Waals surface area (Å²) in [7, 11) is 0. The standard InChI is InChI=1S/C22H21F3N6O2/c23-22(24,25)16-9-15(2-1-14(16)10-26)30-7-3-21(4-8-30)13-31(12-17(21)19(27)32)20(33)18-11-28-5-6-29-18/h1-2,5-6,9,11,17H,3-4,7-8,12-13H2,(H2,27,32). The highest BCUT2D eigenvalue weighted by Crippen LogP contribution is 2.46. The van der Waals surface area contributed by atoms with Crippen molar-refractivity contribution in [2.75, 3.05) is 31.1 Å². The topological polar surface area (TPSA) is 116 Å². The number of piperidine rings is 1. The number of primary amides is 1. The highest BCUT2D eigenvalue weighted by Gasteiger charge is 2.52. The lowest BCUT2D eigenvalue weighted by atomic mass is 9.70. The number of hydrogen-bond donors (Lipinski definition) is 1. The van der Waals surface area contributed by atoms with Crippen molar-refractivity contribution in [1.82, 2.24) is 14.9 Å². The van der Waals surface area contributed by atoms with Crippen LogP contribution < -0.4 is 10.6 Å². The van der Waals surface area contributed by atoms with Gasteiger partial charge in [0.1, 0.15) is 5.69 Å². The number of benzene rings is 1. The minimum absolute atomic E-state index is 0.166. The van der Waals surface area contributed by atoms with Crippen LogP contribution in [0.25, 0.3) is 0 Å². The molecule has 0 radical (unpaired) electrons. The molecule has 3 heterocycles. The summed E-state index contributed by atoms with van der Waals surface area (Å²) in [4.78, 5) is 36.4. The average molecular weight is 458 g/mol. The number of anilines is 1. The Bertz CT molecular complexity index is 1110. The van der Waals surface area contributed by atoms with Crippen molar-refractivity contribution in [1.29, 1.82) is 5.26 Å². The largest absolute Gasteiger partial charge is 0.417 e. The second-order valence-corrected chi connectivity index (χ2v) is 8.42. The summed E-state index contributed by atoms with van der Waals surface area (Å²) >= 11 is 0. The Kier molecular flexibility index (Phi) is 5.69. The number of rotatable bonds is 3. The Morgan fingerprint density at radius 2 is 1.94 bits per heavy atom. The second kappa shape index (κ2) is 8.35. The van der Waals surface area contributed by atoms with Gasteiger partial charge < -0.3 is 15.5 Å². The predicted octanol–water partition coefficient (Wildman–Crippen LogP) is 2.21. The zero-order valence-corrected chi connectivity index (χ0v) is 17.5. The maximum Gasteiger partial charge on any atom is 0.417 e. The molecule has 2 N–H and O–H groups in total. The molecule has 1 spiro atoms. The summed E-state index contributed by atoms with van der Waals surface area (Å²) in [6.07, 6.45) is 0.548. The minimum Gasteiger partial charge on any atom is -0.371 e. The van der Waals surface area contributed by atoms with Crippen molar-refractivity contribution in [3.63, 3.8) is 0 Å². The number of likely N-dealkylation sites (tertiary alicyclic amines) is 1. The van der Waals surface area contributed by atoms with Gasteiger partial charge in [-0.2, -0.15) is 18.4 Å². The van der Waals surface area contributed by atoms with E-state index in [4.69, 9.17) is 11.0 Å². The number of carbonyl (C=O) groups excluding carboxylic acids is 2. The molecule has 0 saturated carbocycles. The van der Waals surface area contributed by atoms with E-state index in [2.05, 4.69) is 9.97 Å². The van der Waals surface area contributed by atoms with Gasteiger partial charge in [0.05, 0.1) is 29.3 Å². The fraction of sp³-hybridized carbons (Fsp3) is 0.409. The lowest BCUT2D eigenvalue weighted by Crippen LogP contribution is -2.47. The summed E-state index contributed by atoms with van der Waals surface area (Å²) in [5.41, 5.74) is 4.25. The van der Waals surface area contributed by atoms with Crippen LogP contribution >= 0.6 is 0 Å². The van der Waals surface area contributed by atoms with Gasteiger partial charge in [-0.05, 0) is 31.0 Å². The third-order valence-electron chi connectivity index (χ3n) is 6.61. The molecule has 4 rings (SSSR count). The van der Waals surface area contributed by atoms with Gasteiger partial charge in [0.2, 0.25) is 5.91 Å². The Balaban J connectivity index is 1.53. The maximum atomic E-state index is 13.4. The van der Waals surface area contributed by atoms with Crippen molar-refractivity contribution in [2.45, 2.75) is 19.0 Å². The van der Waals surface area contributed by atoms with Crippen LogP contribution in [0.3, 0.4) is 0 Å². The molecule has 2 aromatic rings. The molecule has 8 nitrogen and oxygen atoms in total. The van der Waals surface area contributed by atoms with Gasteiger partial charge in [-0.1, -0.05) is 0 Å². The van der Waals surface area contributed by atoms with Crippen molar-refractivity contribution in [3.05, 3.63) is 53.6 Å². The van der Waals surface area contributed by atoms with Crippen LogP contribution in [0, 0.1) is 22.7 Å². The smallest absolute Gasteiger partial charge is 0.371 e. The maximum absolute atomic E-state index is 13.4. The van der Waals surface area contributed by atoms with Gasteiger partial charge in [0.25, 0.3) is 5.91 Å². The van der Waals surface area contributed by atoms with Crippen LogP contribution in [0.15, 0.2) is 36.8 Å². The Labute approximate surface area is 187 Å². The fourth-order valence-electron chi connectivity index (χ4n) is 4.86. The molecule has 0 aliphatic carbocycles. The molecule has 2 aliphatic heterocycles. The number of nitrogens with zero attached hydrogens (tertiary/aromatic N) is 5. The number of halogens is 3. The molecule has 1 aromatic carbocycles. The first-order chi connectivity index (χ1) is 15.6. The van der Waals surface area contributed by atoms with E-state index >= 15 is 0 Å². The number of nitrogens with two attached hydrogens (primary N) is 1. The van der Waals surface area contributed by atoms with Gasteiger partial charge >= 0.3 is 6.18 Å². The number of aromatic nitrogens is 2. The van der Waals surface area contributed by atoms with Crippen LogP contribution in [0.4, 0.5) is 18.9 Å². The summed E-state index contributed by atoms with van der Waals surface area (Å²) < 4.78 is 40.1.